The van der Waals surface area contributed by atoms with Gasteiger partial charge in [-0.15, -0.1) is 0 Å². The third-order valence-electron chi connectivity index (χ3n) is 4.30. The Kier molecular flexibility index (Phi) is 5.95. The second-order valence-corrected chi connectivity index (χ2v) is 6.54. The topological polar surface area (TPSA) is 148 Å². The van der Waals surface area contributed by atoms with Crippen molar-refractivity contribution in [3.05, 3.63) is 30.4 Å². The number of aromatic nitrogens is 3. The van der Waals surface area contributed by atoms with Crippen LogP contribution in [0.15, 0.2) is 24.7 Å². The molecule has 0 spiro atoms. The molecule has 0 unspecified atom stereocenters. The van der Waals surface area contributed by atoms with Gasteiger partial charge in [0.2, 0.25) is 11.8 Å². The van der Waals surface area contributed by atoms with Gasteiger partial charge in [0.25, 0.3) is 0 Å². The summed E-state index contributed by atoms with van der Waals surface area (Å²) in [6.45, 7) is -0.112. The lowest BCUT2D eigenvalue weighted by molar-refractivity contribution is -0.127. The molecule has 2 N–H and O–H groups in total. The number of nitrogens with one attached hydrogen (secondary N) is 2. The molecule has 2 aromatic rings. The Balaban J connectivity index is 1.72. The molecule has 10 nitrogen and oxygen atoms in total. The summed E-state index contributed by atoms with van der Waals surface area (Å²) < 4.78 is 0. The Morgan fingerprint density at radius 3 is 2.62 bits per heavy atom. The van der Waals surface area contributed by atoms with E-state index < -0.39 is 0 Å². The first kappa shape index (κ1) is 19.7. The number of carbonyl (C=O) groups excluding carboxylic acids is 2. The lowest BCUT2D eigenvalue weighted by Crippen LogP contribution is -2.32. The third kappa shape index (κ3) is 5.02. The SMILES string of the molecule is CN(CC#N)C(=O)CNc1cc(-c2cnc(NC(=O)C3CC3)cn2)cnc1C#N. The van der Waals surface area contributed by atoms with Crippen LogP contribution >= 0.6 is 0 Å². The van der Waals surface area contributed by atoms with E-state index in [0.717, 1.165) is 12.8 Å². The van der Waals surface area contributed by atoms with Crippen molar-refractivity contribution in [3.63, 3.8) is 0 Å². The predicted molar refractivity (Wildman–Crippen MR) is 103 cm³/mol. The van der Waals surface area contributed by atoms with Crippen LogP contribution in [0.1, 0.15) is 18.5 Å². The molecule has 0 bridgehead atoms. The van der Waals surface area contributed by atoms with E-state index >= 15 is 0 Å². The number of pyridine rings is 1. The highest BCUT2D eigenvalue weighted by Crippen LogP contribution is 2.30. The molecule has 0 radical (unpaired) electrons. The normalized spacial score (nSPS) is 12.4. The van der Waals surface area contributed by atoms with Crippen molar-refractivity contribution >= 4 is 23.3 Å². The van der Waals surface area contributed by atoms with Crippen molar-refractivity contribution in [2.24, 2.45) is 5.92 Å². The van der Waals surface area contributed by atoms with Crippen LogP contribution in [0.2, 0.25) is 0 Å². The minimum atomic E-state index is -0.295. The minimum absolute atomic E-state index is 0.0247. The van der Waals surface area contributed by atoms with Crippen molar-refractivity contribution in [1.29, 1.82) is 10.5 Å². The molecule has 2 heterocycles. The molecule has 0 saturated heterocycles. The average molecular weight is 390 g/mol. The van der Waals surface area contributed by atoms with Gasteiger partial charge in [0, 0.05) is 24.7 Å². The summed E-state index contributed by atoms with van der Waals surface area (Å²) in [5, 5.41) is 23.5. The van der Waals surface area contributed by atoms with Crippen molar-refractivity contribution in [2.45, 2.75) is 12.8 Å². The maximum atomic E-state index is 12.0. The number of nitrogens with zero attached hydrogens (tertiary/aromatic N) is 6. The highest BCUT2D eigenvalue weighted by Gasteiger charge is 2.29. The summed E-state index contributed by atoms with van der Waals surface area (Å²) in [7, 11) is 1.52. The van der Waals surface area contributed by atoms with Crippen LogP contribution in [0.4, 0.5) is 11.5 Å². The Morgan fingerprint density at radius 1 is 1.21 bits per heavy atom. The smallest absolute Gasteiger partial charge is 0.242 e. The van der Waals surface area contributed by atoms with E-state index in [9.17, 15) is 14.9 Å². The van der Waals surface area contributed by atoms with Crippen LogP contribution in [0, 0.1) is 28.6 Å². The molecule has 1 fully saturated rings. The van der Waals surface area contributed by atoms with E-state index in [0.29, 0.717) is 22.8 Å². The number of rotatable bonds is 7. The monoisotopic (exact) mass is 390 g/mol. The summed E-state index contributed by atoms with van der Waals surface area (Å²) >= 11 is 0. The van der Waals surface area contributed by atoms with Crippen LogP contribution in [0.3, 0.4) is 0 Å². The Labute approximate surface area is 167 Å². The molecule has 2 aromatic heterocycles. The number of amides is 2. The first-order chi connectivity index (χ1) is 14.0. The number of hydrogen-bond donors (Lipinski definition) is 2. The van der Waals surface area contributed by atoms with Gasteiger partial charge in [0.15, 0.2) is 11.5 Å². The predicted octanol–water partition coefficient (Wildman–Crippen LogP) is 1.15. The van der Waals surface area contributed by atoms with Gasteiger partial charge in [0.05, 0.1) is 36.4 Å². The van der Waals surface area contributed by atoms with Gasteiger partial charge < -0.3 is 15.5 Å². The Hall–Kier alpha value is -4.05. The molecule has 3 rings (SSSR count). The van der Waals surface area contributed by atoms with Crippen molar-refractivity contribution in [3.8, 4) is 23.4 Å². The molecule has 0 aliphatic heterocycles. The Bertz CT molecular complexity index is 1000. The molecule has 146 valence electrons. The number of anilines is 2. The van der Waals surface area contributed by atoms with Gasteiger partial charge in [-0.3, -0.25) is 14.6 Å². The molecule has 0 aromatic carbocycles. The molecule has 0 atom stereocenters. The van der Waals surface area contributed by atoms with Gasteiger partial charge in [-0.2, -0.15) is 10.5 Å². The third-order valence-corrected chi connectivity index (χ3v) is 4.30. The molecule has 1 aliphatic rings. The molecule has 1 aliphatic carbocycles. The highest BCUT2D eigenvalue weighted by molar-refractivity contribution is 5.93. The fourth-order valence-electron chi connectivity index (χ4n) is 2.44. The number of carbonyl (C=O) groups is 2. The largest absolute Gasteiger partial charge is 0.374 e. The molecule has 29 heavy (non-hydrogen) atoms. The van der Waals surface area contributed by atoms with Gasteiger partial charge in [-0.25, -0.2) is 9.97 Å². The van der Waals surface area contributed by atoms with Gasteiger partial charge in [-0.1, -0.05) is 0 Å². The first-order valence-corrected chi connectivity index (χ1v) is 8.90. The summed E-state index contributed by atoms with van der Waals surface area (Å²) in [5.74, 6) is 0.0977. The number of nitriles is 2. The van der Waals surface area contributed by atoms with Gasteiger partial charge >= 0.3 is 0 Å². The number of likely N-dealkylation sites (N-methyl/N-ethyl adjacent to an activating group) is 1. The lowest BCUT2D eigenvalue weighted by Gasteiger charge is -2.14. The van der Waals surface area contributed by atoms with E-state index in [2.05, 4.69) is 25.6 Å². The van der Waals surface area contributed by atoms with Crippen molar-refractivity contribution < 1.29 is 9.59 Å². The summed E-state index contributed by atoms with van der Waals surface area (Å²) in [6.07, 6.45) is 6.25. The quantitative estimate of drug-likeness (QED) is 0.669. The first-order valence-electron chi connectivity index (χ1n) is 8.90. The summed E-state index contributed by atoms with van der Waals surface area (Å²) in [4.78, 5) is 37.6. The van der Waals surface area contributed by atoms with Crippen molar-refractivity contribution in [2.75, 3.05) is 30.8 Å². The van der Waals surface area contributed by atoms with Crippen LogP contribution < -0.4 is 10.6 Å². The van der Waals surface area contributed by atoms with E-state index in [1.807, 2.05) is 12.1 Å². The zero-order chi connectivity index (χ0) is 20.8. The lowest BCUT2D eigenvalue weighted by atomic mass is 10.1. The summed E-state index contributed by atoms with van der Waals surface area (Å²) in [6, 6.07) is 5.51. The van der Waals surface area contributed by atoms with E-state index in [4.69, 9.17) is 5.26 Å². The molecular formula is C19H18N8O2. The van der Waals surface area contributed by atoms with E-state index in [1.54, 1.807) is 6.07 Å². The van der Waals surface area contributed by atoms with E-state index in [1.165, 1.54) is 30.5 Å². The molecule has 10 heteroatoms. The van der Waals surface area contributed by atoms with Crippen LogP contribution in [-0.4, -0.2) is 51.8 Å². The fourth-order valence-corrected chi connectivity index (χ4v) is 2.44. The Morgan fingerprint density at radius 2 is 2.00 bits per heavy atom. The zero-order valence-electron chi connectivity index (χ0n) is 15.7. The number of hydrogen-bond acceptors (Lipinski definition) is 8. The van der Waals surface area contributed by atoms with Gasteiger partial charge in [-0.05, 0) is 18.9 Å². The second kappa shape index (κ2) is 8.76. The highest BCUT2D eigenvalue weighted by atomic mass is 16.2. The minimum Gasteiger partial charge on any atom is -0.374 e. The maximum absolute atomic E-state index is 12.0. The van der Waals surface area contributed by atoms with Crippen molar-refractivity contribution in [1.82, 2.24) is 19.9 Å². The maximum Gasteiger partial charge on any atom is 0.242 e. The van der Waals surface area contributed by atoms with E-state index in [-0.39, 0.29) is 36.5 Å². The van der Waals surface area contributed by atoms with Crippen LogP contribution in [0.25, 0.3) is 11.3 Å². The van der Waals surface area contributed by atoms with Crippen LogP contribution in [0.5, 0.6) is 0 Å². The second-order valence-electron chi connectivity index (χ2n) is 6.54. The standard InChI is InChI=1S/C19H18N8O2/c1-27(5-4-20)18(28)11-24-14-6-13(8-22-15(14)7-21)16-9-25-17(10-23-16)26-19(29)12-2-3-12/h6,8-10,12,24H,2-3,5,11H2,1H3,(H,25,26,29). The van der Waals surface area contributed by atoms with Gasteiger partial charge in [0.1, 0.15) is 12.6 Å². The molecule has 1 saturated carbocycles. The zero-order valence-corrected chi connectivity index (χ0v) is 15.7. The molecule has 2 amide bonds. The van der Waals surface area contributed by atoms with Crippen LogP contribution in [-0.2, 0) is 9.59 Å². The fraction of sp³-hybridized carbons (Fsp3) is 0.316. The molecular weight excluding hydrogens is 372 g/mol. The average Bonchev–Trinajstić information content (AvgIpc) is 3.58. The summed E-state index contributed by atoms with van der Waals surface area (Å²) in [5.41, 5.74) is 1.60.